The molecule has 1 fully saturated rings. The summed E-state index contributed by atoms with van der Waals surface area (Å²) in [4.78, 5) is 26.6. The third-order valence-electron chi connectivity index (χ3n) is 3.69. The van der Waals surface area contributed by atoms with E-state index in [4.69, 9.17) is 5.11 Å². The average molecular weight is 277 g/mol. The Morgan fingerprint density at radius 1 is 1.45 bits per heavy atom. The summed E-state index contributed by atoms with van der Waals surface area (Å²) in [6, 6.07) is 1.57. The molecule has 2 rings (SSSR count). The fraction of sp³-hybridized carbons (Fsp3) is 0.500. The molecule has 0 radical (unpaired) electrons. The van der Waals surface area contributed by atoms with Gasteiger partial charge in [0.1, 0.15) is 0 Å². The number of amides is 2. The van der Waals surface area contributed by atoms with Crippen molar-refractivity contribution in [3.63, 3.8) is 0 Å². The van der Waals surface area contributed by atoms with Crippen LogP contribution in [0.15, 0.2) is 18.5 Å². The maximum atomic E-state index is 11.8. The minimum atomic E-state index is -0.776. The Balaban J connectivity index is 1.77. The topological polar surface area (TPSA) is 91.3 Å². The van der Waals surface area contributed by atoms with E-state index >= 15 is 0 Å². The smallest absolute Gasteiger partial charge is 0.315 e. The third-order valence-corrected chi connectivity index (χ3v) is 3.69. The Hall–Kier alpha value is -2.11. The molecule has 0 saturated heterocycles. The molecule has 1 aromatic heterocycles. The Bertz CT molecular complexity index is 504. The first-order chi connectivity index (χ1) is 9.56. The molecule has 6 heteroatoms. The molecule has 0 aromatic carbocycles. The summed E-state index contributed by atoms with van der Waals surface area (Å²) in [7, 11) is 0. The number of nitrogens with one attached hydrogen (secondary N) is 2. The Labute approximate surface area is 117 Å². The fourth-order valence-electron chi connectivity index (χ4n) is 2.45. The SMILES string of the molecule is Cc1cnccc1CNC(=O)N[C@H]1CC[C@@H](C(=O)O)C1. The summed E-state index contributed by atoms with van der Waals surface area (Å²) in [5.74, 6) is -1.11. The molecule has 0 bridgehead atoms. The van der Waals surface area contributed by atoms with Crippen molar-refractivity contribution >= 4 is 12.0 Å². The van der Waals surface area contributed by atoms with Gasteiger partial charge in [-0.3, -0.25) is 9.78 Å². The maximum Gasteiger partial charge on any atom is 0.315 e. The van der Waals surface area contributed by atoms with Crippen LogP contribution in [0.3, 0.4) is 0 Å². The van der Waals surface area contributed by atoms with Crippen molar-refractivity contribution in [1.82, 2.24) is 15.6 Å². The predicted molar refractivity (Wildman–Crippen MR) is 73.1 cm³/mol. The number of pyridine rings is 1. The second-order valence-corrected chi connectivity index (χ2v) is 5.17. The van der Waals surface area contributed by atoms with Gasteiger partial charge in [-0.25, -0.2) is 4.79 Å². The van der Waals surface area contributed by atoms with Gasteiger partial charge in [0, 0.05) is 25.0 Å². The first-order valence-corrected chi connectivity index (χ1v) is 6.73. The van der Waals surface area contributed by atoms with Gasteiger partial charge < -0.3 is 15.7 Å². The molecule has 1 aliphatic carbocycles. The number of hydrogen-bond acceptors (Lipinski definition) is 3. The van der Waals surface area contributed by atoms with Gasteiger partial charge in [-0.1, -0.05) is 0 Å². The molecule has 108 valence electrons. The number of aliphatic carboxylic acids is 1. The number of carbonyl (C=O) groups excluding carboxylic acids is 1. The highest BCUT2D eigenvalue weighted by molar-refractivity contribution is 5.75. The molecule has 1 heterocycles. The number of urea groups is 1. The van der Waals surface area contributed by atoms with E-state index in [0.717, 1.165) is 17.5 Å². The Morgan fingerprint density at radius 2 is 2.25 bits per heavy atom. The van der Waals surface area contributed by atoms with Gasteiger partial charge in [-0.05, 0) is 43.4 Å². The standard InChI is InChI=1S/C14H19N3O3/c1-9-7-15-5-4-11(9)8-16-14(20)17-12-3-2-10(6-12)13(18)19/h4-5,7,10,12H,2-3,6,8H2,1H3,(H,18,19)(H2,16,17,20)/t10-,12+/m1/s1. The van der Waals surface area contributed by atoms with Crippen molar-refractivity contribution in [1.29, 1.82) is 0 Å². The zero-order chi connectivity index (χ0) is 14.5. The van der Waals surface area contributed by atoms with Crippen LogP contribution in [-0.2, 0) is 11.3 Å². The van der Waals surface area contributed by atoms with Crippen LogP contribution in [0, 0.1) is 12.8 Å². The van der Waals surface area contributed by atoms with E-state index in [2.05, 4.69) is 15.6 Å². The van der Waals surface area contributed by atoms with Gasteiger partial charge in [0.2, 0.25) is 0 Å². The number of nitrogens with zero attached hydrogens (tertiary/aromatic N) is 1. The first-order valence-electron chi connectivity index (χ1n) is 6.73. The molecule has 1 aliphatic rings. The van der Waals surface area contributed by atoms with Crippen molar-refractivity contribution in [2.75, 3.05) is 0 Å². The number of rotatable bonds is 4. The van der Waals surface area contributed by atoms with Gasteiger partial charge in [-0.2, -0.15) is 0 Å². The molecule has 1 aromatic rings. The summed E-state index contributed by atoms with van der Waals surface area (Å²) >= 11 is 0. The van der Waals surface area contributed by atoms with E-state index in [-0.39, 0.29) is 18.0 Å². The normalized spacial score (nSPS) is 21.4. The number of carboxylic acid groups (broad SMARTS) is 1. The van der Waals surface area contributed by atoms with E-state index in [0.29, 0.717) is 19.4 Å². The van der Waals surface area contributed by atoms with Gasteiger partial charge in [0.25, 0.3) is 0 Å². The average Bonchev–Trinajstić information content (AvgIpc) is 2.86. The largest absolute Gasteiger partial charge is 0.481 e. The molecular formula is C14H19N3O3. The highest BCUT2D eigenvalue weighted by Gasteiger charge is 2.30. The highest BCUT2D eigenvalue weighted by atomic mass is 16.4. The summed E-state index contributed by atoms with van der Waals surface area (Å²) in [5, 5.41) is 14.5. The van der Waals surface area contributed by atoms with Crippen molar-refractivity contribution in [3.8, 4) is 0 Å². The van der Waals surface area contributed by atoms with Crippen LogP contribution in [-0.4, -0.2) is 28.1 Å². The van der Waals surface area contributed by atoms with Gasteiger partial charge >= 0.3 is 12.0 Å². The first kappa shape index (κ1) is 14.3. The van der Waals surface area contributed by atoms with E-state index in [1.807, 2.05) is 13.0 Å². The highest BCUT2D eigenvalue weighted by Crippen LogP contribution is 2.25. The van der Waals surface area contributed by atoms with Crippen LogP contribution in [0.5, 0.6) is 0 Å². The van der Waals surface area contributed by atoms with Crippen LogP contribution in [0.2, 0.25) is 0 Å². The molecule has 0 spiro atoms. The summed E-state index contributed by atoms with van der Waals surface area (Å²) < 4.78 is 0. The van der Waals surface area contributed by atoms with Crippen molar-refractivity contribution in [2.45, 2.75) is 38.8 Å². The predicted octanol–water partition coefficient (Wildman–Crippen LogP) is 1.44. The van der Waals surface area contributed by atoms with Crippen molar-refractivity contribution in [2.24, 2.45) is 5.92 Å². The van der Waals surface area contributed by atoms with Crippen molar-refractivity contribution in [3.05, 3.63) is 29.6 Å². The molecule has 20 heavy (non-hydrogen) atoms. The van der Waals surface area contributed by atoms with E-state index in [1.54, 1.807) is 12.4 Å². The molecule has 0 aliphatic heterocycles. The van der Waals surface area contributed by atoms with Gasteiger partial charge in [0.15, 0.2) is 0 Å². The molecule has 2 atom stereocenters. The van der Waals surface area contributed by atoms with Gasteiger partial charge in [0.05, 0.1) is 5.92 Å². The van der Waals surface area contributed by atoms with Crippen LogP contribution >= 0.6 is 0 Å². The molecule has 3 N–H and O–H groups in total. The molecule has 0 unspecified atom stereocenters. The fourth-order valence-corrected chi connectivity index (χ4v) is 2.45. The van der Waals surface area contributed by atoms with Gasteiger partial charge in [-0.15, -0.1) is 0 Å². The van der Waals surface area contributed by atoms with E-state index in [9.17, 15) is 9.59 Å². The van der Waals surface area contributed by atoms with E-state index < -0.39 is 5.97 Å². The maximum absolute atomic E-state index is 11.8. The molecule has 1 saturated carbocycles. The lowest BCUT2D eigenvalue weighted by Gasteiger charge is -2.14. The van der Waals surface area contributed by atoms with Crippen LogP contribution < -0.4 is 10.6 Å². The molecule has 2 amide bonds. The van der Waals surface area contributed by atoms with Crippen LogP contribution in [0.25, 0.3) is 0 Å². The number of carbonyl (C=O) groups is 2. The Kier molecular flexibility index (Phi) is 4.55. The molecule has 6 nitrogen and oxygen atoms in total. The number of hydrogen-bond donors (Lipinski definition) is 3. The zero-order valence-corrected chi connectivity index (χ0v) is 11.4. The lowest BCUT2D eigenvalue weighted by atomic mass is 10.1. The minimum absolute atomic E-state index is 0.0466. The monoisotopic (exact) mass is 277 g/mol. The summed E-state index contributed by atoms with van der Waals surface area (Å²) in [5.41, 5.74) is 2.05. The summed E-state index contributed by atoms with van der Waals surface area (Å²) in [6.07, 6.45) is 5.30. The zero-order valence-electron chi connectivity index (χ0n) is 11.4. The lowest BCUT2D eigenvalue weighted by molar-refractivity contribution is -0.141. The third kappa shape index (κ3) is 3.69. The molecular weight excluding hydrogens is 258 g/mol. The number of carboxylic acids is 1. The second-order valence-electron chi connectivity index (χ2n) is 5.17. The quantitative estimate of drug-likeness (QED) is 0.776. The minimum Gasteiger partial charge on any atom is -0.481 e. The summed E-state index contributed by atoms with van der Waals surface area (Å²) in [6.45, 7) is 2.38. The van der Waals surface area contributed by atoms with Crippen molar-refractivity contribution < 1.29 is 14.7 Å². The number of aryl methyl sites for hydroxylation is 1. The van der Waals surface area contributed by atoms with E-state index in [1.165, 1.54) is 0 Å². The lowest BCUT2D eigenvalue weighted by Crippen LogP contribution is -2.40. The Morgan fingerprint density at radius 3 is 2.90 bits per heavy atom. The number of aromatic nitrogens is 1. The van der Waals surface area contributed by atoms with Crippen LogP contribution in [0.4, 0.5) is 4.79 Å². The second kappa shape index (κ2) is 6.36. The van der Waals surface area contributed by atoms with Crippen LogP contribution in [0.1, 0.15) is 30.4 Å².